The molecule has 0 fully saturated rings. The number of pyridine rings is 1. The number of nitro groups is 1. The number of nitrogens with zero attached hydrogens (tertiary/aromatic N) is 2. The van der Waals surface area contributed by atoms with Crippen molar-refractivity contribution in [2.75, 3.05) is 0 Å². The predicted molar refractivity (Wildman–Crippen MR) is 47.2 cm³/mol. The normalized spacial score (nSPS) is 11.8. The summed E-state index contributed by atoms with van der Waals surface area (Å²) in [6, 6.07) is 0. The molecule has 1 rings (SSSR count). The first-order chi connectivity index (χ1) is 7.66. The van der Waals surface area contributed by atoms with E-state index in [0.717, 1.165) is 0 Å². The Balaban J connectivity index is 3.72. The van der Waals surface area contributed by atoms with Gasteiger partial charge in [-0.3, -0.25) is 0 Å². The topological polar surface area (TPSA) is 116 Å². The molecular formula is C6H4F3N3O4S. The number of primary sulfonamides is 1. The maximum atomic E-state index is 13.3. The third-order valence-corrected chi connectivity index (χ3v) is 2.66. The van der Waals surface area contributed by atoms with Gasteiger partial charge in [-0.05, 0) is 9.91 Å². The number of alkyl halides is 2. The van der Waals surface area contributed by atoms with E-state index < -0.39 is 43.5 Å². The summed E-state index contributed by atoms with van der Waals surface area (Å²) < 4.78 is 59.9. The summed E-state index contributed by atoms with van der Waals surface area (Å²) in [5, 5.41) is 14.8. The highest BCUT2D eigenvalue weighted by atomic mass is 32.2. The molecule has 17 heavy (non-hydrogen) atoms. The van der Waals surface area contributed by atoms with Crippen LogP contribution in [0.1, 0.15) is 12.0 Å². The molecule has 11 heteroatoms. The lowest BCUT2D eigenvalue weighted by Gasteiger charge is -2.05. The molecule has 0 aliphatic heterocycles. The Hall–Kier alpha value is -1.75. The van der Waals surface area contributed by atoms with E-state index in [9.17, 15) is 31.7 Å². The molecule has 1 heterocycles. The molecule has 1 aromatic heterocycles. The summed E-state index contributed by atoms with van der Waals surface area (Å²) >= 11 is 0. The molecule has 0 amide bonds. The van der Waals surface area contributed by atoms with Crippen molar-refractivity contribution in [3.63, 3.8) is 0 Å². The van der Waals surface area contributed by atoms with Crippen LogP contribution < -0.4 is 5.14 Å². The molecule has 2 N–H and O–H groups in total. The van der Waals surface area contributed by atoms with E-state index in [4.69, 9.17) is 0 Å². The van der Waals surface area contributed by atoms with E-state index in [0.29, 0.717) is 0 Å². The van der Waals surface area contributed by atoms with Gasteiger partial charge in [0.1, 0.15) is 4.90 Å². The van der Waals surface area contributed by atoms with Crippen LogP contribution in [0.3, 0.4) is 0 Å². The molecule has 0 saturated carbocycles. The molecule has 94 valence electrons. The fraction of sp³-hybridized carbons (Fsp3) is 0.167. The van der Waals surface area contributed by atoms with Crippen LogP contribution in [0.5, 0.6) is 0 Å². The smallest absolute Gasteiger partial charge is 0.358 e. The number of sulfonamides is 1. The van der Waals surface area contributed by atoms with Crippen LogP contribution in [-0.2, 0) is 10.0 Å². The monoisotopic (exact) mass is 271 g/mol. The molecule has 0 atom stereocenters. The minimum absolute atomic E-state index is 0.200. The third kappa shape index (κ3) is 2.50. The molecule has 0 bridgehead atoms. The second-order valence-corrected chi connectivity index (χ2v) is 4.28. The van der Waals surface area contributed by atoms with Crippen LogP contribution in [0.4, 0.5) is 19.0 Å². The minimum atomic E-state index is -4.86. The molecule has 0 unspecified atom stereocenters. The summed E-state index contributed by atoms with van der Waals surface area (Å²) in [5.41, 5.74) is -1.32. The molecule has 0 radical (unpaired) electrons. The van der Waals surface area contributed by atoms with Gasteiger partial charge < -0.3 is 10.1 Å². The van der Waals surface area contributed by atoms with Gasteiger partial charge in [0.05, 0.1) is 5.56 Å². The molecule has 0 aliphatic rings. The zero-order valence-electron chi connectivity index (χ0n) is 7.80. The quantitative estimate of drug-likeness (QED) is 0.642. The van der Waals surface area contributed by atoms with Gasteiger partial charge in [-0.1, -0.05) is 0 Å². The first kappa shape index (κ1) is 13.3. The molecule has 7 nitrogen and oxygen atoms in total. The van der Waals surface area contributed by atoms with Gasteiger partial charge in [0.25, 0.3) is 6.43 Å². The first-order valence-corrected chi connectivity index (χ1v) is 5.34. The van der Waals surface area contributed by atoms with Gasteiger partial charge in [-0.15, -0.1) is 0 Å². The Bertz CT molecular complexity index is 574. The number of rotatable bonds is 3. The van der Waals surface area contributed by atoms with Crippen molar-refractivity contribution in [1.82, 2.24) is 4.98 Å². The molecule has 0 spiro atoms. The van der Waals surface area contributed by atoms with Crippen molar-refractivity contribution in [3.8, 4) is 0 Å². The highest BCUT2D eigenvalue weighted by molar-refractivity contribution is 7.89. The van der Waals surface area contributed by atoms with Gasteiger partial charge in [0.15, 0.2) is 6.20 Å². The number of hydrogen-bond acceptors (Lipinski definition) is 5. The average Bonchev–Trinajstić information content (AvgIpc) is 2.14. The Morgan fingerprint density at radius 3 is 2.35 bits per heavy atom. The zero-order chi connectivity index (χ0) is 13.4. The summed E-state index contributed by atoms with van der Waals surface area (Å²) in [5.74, 6) is -3.49. The fourth-order valence-corrected chi connectivity index (χ4v) is 1.86. The third-order valence-electron chi connectivity index (χ3n) is 1.68. The largest absolute Gasteiger partial charge is 0.401 e. The fourth-order valence-electron chi connectivity index (χ4n) is 1.05. The molecule has 0 aliphatic carbocycles. The van der Waals surface area contributed by atoms with Crippen LogP contribution in [0.2, 0.25) is 0 Å². The van der Waals surface area contributed by atoms with E-state index in [2.05, 4.69) is 10.1 Å². The van der Waals surface area contributed by atoms with Crippen LogP contribution >= 0.6 is 0 Å². The maximum absolute atomic E-state index is 13.3. The van der Waals surface area contributed by atoms with E-state index >= 15 is 0 Å². The zero-order valence-corrected chi connectivity index (χ0v) is 8.62. The number of nitrogens with two attached hydrogens (primary N) is 1. The highest BCUT2D eigenvalue weighted by Gasteiger charge is 2.33. The molecule has 0 aromatic carbocycles. The lowest BCUT2D eigenvalue weighted by atomic mass is 10.3. The number of aromatic nitrogens is 1. The van der Waals surface area contributed by atoms with Crippen molar-refractivity contribution in [3.05, 3.63) is 27.7 Å². The van der Waals surface area contributed by atoms with E-state index in [1.54, 1.807) is 0 Å². The SMILES string of the molecule is NS(=O)(=O)c1c(C(F)F)cnc([N+](=O)[O-])c1F. The average molecular weight is 271 g/mol. The Morgan fingerprint density at radius 1 is 1.47 bits per heavy atom. The second-order valence-electron chi connectivity index (χ2n) is 2.78. The molecule has 1 aromatic rings. The second kappa shape index (κ2) is 4.25. The van der Waals surface area contributed by atoms with Crippen molar-refractivity contribution >= 4 is 15.8 Å². The van der Waals surface area contributed by atoms with E-state index in [1.165, 1.54) is 0 Å². The van der Waals surface area contributed by atoms with Crippen molar-refractivity contribution < 1.29 is 26.5 Å². The van der Waals surface area contributed by atoms with Gasteiger partial charge in [-0.2, -0.15) is 4.39 Å². The van der Waals surface area contributed by atoms with E-state index in [-0.39, 0.29) is 6.20 Å². The predicted octanol–water partition coefficient (Wildman–Crippen LogP) is 0.714. The first-order valence-electron chi connectivity index (χ1n) is 3.80. The summed E-state index contributed by atoms with van der Waals surface area (Å²) in [6.45, 7) is 0. The summed E-state index contributed by atoms with van der Waals surface area (Å²) in [6.07, 6.45) is -3.18. The summed E-state index contributed by atoms with van der Waals surface area (Å²) in [4.78, 5) is 10.1. The molecule has 0 saturated heterocycles. The lowest BCUT2D eigenvalue weighted by Crippen LogP contribution is -2.18. The number of hydrogen-bond donors (Lipinski definition) is 1. The van der Waals surface area contributed by atoms with Crippen LogP contribution in [-0.4, -0.2) is 18.3 Å². The minimum Gasteiger partial charge on any atom is -0.358 e. The highest BCUT2D eigenvalue weighted by Crippen LogP contribution is 2.30. The van der Waals surface area contributed by atoms with Crippen LogP contribution in [0, 0.1) is 15.9 Å². The molecular weight excluding hydrogens is 267 g/mol. The lowest BCUT2D eigenvalue weighted by molar-refractivity contribution is -0.392. The van der Waals surface area contributed by atoms with Crippen molar-refractivity contribution in [2.24, 2.45) is 5.14 Å². The van der Waals surface area contributed by atoms with Crippen molar-refractivity contribution in [2.45, 2.75) is 11.3 Å². The summed E-state index contributed by atoms with van der Waals surface area (Å²) in [7, 11) is -4.86. The van der Waals surface area contributed by atoms with Crippen LogP contribution in [0.25, 0.3) is 0 Å². The van der Waals surface area contributed by atoms with Crippen molar-refractivity contribution in [1.29, 1.82) is 0 Å². The standard InChI is InChI=1S/C6H4F3N3O4S/c7-3-4(17(10,15)16)2(5(8)9)1-11-6(3)12(13)14/h1,5H,(H2,10,15,16). The number of halogens is 3. The Morgan fingerprint density at radius 2 is 2.00 bits per heavy atom. The maximum Gasteiger partial charge on any atom is 0.401 e. The Kier molecular flexibility index (Phi) is 3.33. The van der Waals surface area contributed by atoms with Gasteiger partial charge in [-0.25, -0.2) is 22.3 Å². The Labute approximate surface area is 92.3 Å². The van der Waals surface area contributed by atoms with Crippen LogP contribution in [0.15, 0.2) is 11.1 Å². The van der Waals surface area contributed by atoms with Gasteiger partial charge >= 0.3 is 5.82 Å². The van der Waals surface area contributed by atoms with E-state index in [1.807, 2.05) is 0 Å². The van der Waals surface area contributed by atoms with Gasteiger partial charge in [0, 0.05) is 0 Å². The van der Waals surface area contributed by atoms with Gasteiger partial charge in [0.2, 0.25) is 15.8 Å².